The molecule has 1 unspecified atom stereocenters. The molecule has 1 aliphatic rings. The van der Waals surface area contributed by atoms with Gasteiger partial charge >= 0.3 is 0 Å². The van der Waals surface area contributed by atoms with Gasteiger partial charge < -0.3 is 15.2 Å². The Labute approximate surface area is 143 Å². The molecule has 0 radical (unpaired) electrons. The Hall–Kier alpha value is -2.35. The summed E-state index contributed by atoms with van der Waals surface area (Å²) in [7, 11) is 1.48. The van der Waals surface area contributed by atoms with E-state index >= 15 is 0 Å². The van der Waals surface area contributed by atoms with Crippen molar-refractivity contribution in [3.63, 3.8) is 0 Å². The predicted octanol–water partition coefficient (Wildman–Crippen LogP) is 2.25. The van der Waals surface area contributed by atoms with E-state index in [1.165, 1.54) is 18.9 Å². The number of methoxy groups -OCH3 is 1. The predicted molar refractivity (Wildman–Crippen MR) is 93.0 cm³/mol. The highest BCUT2D eigenvalue weighted by molar-refractivity contribution is 8.00. The standard InChI is InChI=1S/C16H19N3O4S/c1-8(2)19-15-13(16(22)18-19)14(24-7-12(21)17-15)9-4-5-11(23-3)10(20)6-9/h4-6,8,14,20H,7H2,1-3H3,(H,17,21)(H,18,22). The highest BCUT2D eigenvalue weighted by Crippen LogP contribution is 2.42. The first-order valence-corrected chi connectivity index (χ1v) is 8.60. The van der Waals surface area contributed by atoms with Crippen LogP contribution in [0.2, 0.25) is 0 Å². The summed E-state index contributed by atoms with van der Waals surface area (Å²) in [5.41, 5.74) is 0.987. The topological polar surface area (TPSA) is 96.4 Å². The minimum atomic E-state index is -0.362. The molecule has 0 saturated heterocycles. The lowest BCUT2D eigenvalue weighted by Crippen LogP contribution is -2.17. The van der Waals surface area contributed by atoms with Crippen LogP contribution < -0.4 is 15.6 Å². The van der Waals surface area contributed by atoms with Gasteiger partial charge in [-0.1, -0.05) is 6.07 Å². The molecule has 0 spiro atoms. The minimum absolute atomic E-state index is 0.000374. The number of rotatable bonds is 3. The first-order chi connectivity index (χ1) is 11.4. The van der Waals surface area contributed by atoms with Crippen LogP contribution in [0.15, 0.2) is 23.0 Å². The normalized spacial score (nSPS) is 17.3. The molecule has 0 bridgehead atoms. The summed E-state index contributed by atoms with van der Waals surface area (Å²) in [6.45, 7) is 3.85. The molecule has 0 aliphatic carbocycles. The number of thioether (sulfide) groups is 1. The van der Waals surface area contributed by atoms with Gasteiger partial charge in [-0.15, -0.1) is 11.8 Å². The van der Waals surface area contributed by atoms with Crippen molar-refractivity contribution < 1.29 is 14.6 Å². The van der Waals surface area contributed by atoms with Crippen LogP contribution in [0.5, 0.6) is 11.5 Å². The van der Waals surface area contributed by atoms with Crippen molar-refractivity contribution in [1.29, 1.82) is 0 Å². The van der Waals surface area contributed by atoms with Crippen molar-refractivity contribution in [3.05, 3.63) is 39.7 Å². The molecule has 1 aromatic heterocycles. The lowest BCUT2D eigenvalue weighted by Gasteiger charge is -2.16. The number of phenols is 1. The van der Waals surface area contributed by atoms with E-state index in [1.54, 1.807) is 22.9 Å². The van der Waals surface area contributed by atoms with Crippen molar-refractivity contribution in [2.75, 3.05) is 18.2 Å². The molecule has 1 aromatic carbocycles. The van der Waals surface area contributed by atoms with Crippen LogP contribution in [-0.4, -0.2) is 33.7 Å². The van der Waals surface area contributed by atoms with E-state index < -0.39 is 0 Å². The minimum Gasteiger partial charge on any atom is -0.504 e. The van der Waals surface area contributed by atoms with Crippen LogP contribution >= 0.6 is 11.8 Å². The van der Waals surface area contributed by atoms with Gasteiger partial charge in [0, 0.05) is 6.04 Å². The van der Waals surface area contributed by atoms with Crippen LogP contribution in [0, 0.1) is 0 Å². The van der Waals surface area contributed by atoms with Crippen LogP contribution in [0.1, 0.15) is 36.3 Å². The molecule has 2 aromatic rings. The van der Waals surface area contributed by atoms with E-state index in [4.69, 9.17) is 4.74 Å². The number of amides is 1. The van der Waals surface area contributed by atoms with E-state index in [-0.39, 0.29) is 34.3 Å². The number of phenolic OH excluding ortho intramolecular Hbond substituents is 1. The second-order valence-electron chi connectivity index (χ2n) is 5.84. The number of benzene rings is 1. The quantitative estimate of drug-likeness (QED) is 0.790. The molecule has 8 heteroatoms. The number of nitrogens with one attached hydrogen (secondary N) is 2. The van der Waals surface area contributed by atoms with Crippen molar-refractivity contribution in [3.8, 4) is 11.5 Å². The molecule has 1 amide bonds. The molecule has 0 fully saturated rings. The Balaban J connectivity index is 2.15. The summed E-state index contributed by atoms with van der Waals surface area (Å²) in [4.78, 5) is 24.6. The van der Waals surface area contributed by atoms with E-state index in [1.807, 2.05) is 13.8 Å². The number of ether oxygens (including phenoxy) is 1. The smallest absolute Gasteiger partial charge is 0.270 e. The molecular weight excluding hydrogens is 330 g/mol. The maximum atomic E-state index is 12.5. The summed E-state index contributed by atoms with van der Waals surface area (Å²) in [5.74, 6) is 0.921. The molecule has 3 N–H and O–H groups in total. The number of aromatic amines is 1. The van der Waals surface area contributed by atoms with Gasteiger partial charge in [-0.05, 0) is 31.5 Å². The van der Waals surface area contributed by atoms with Gasteiger partial charge in [-0.2, -0.15) is 0 Å². The summed E-state index contributed by atoms with van der Waals surface area (Å²) < 4.78 is 6.73. The van der Waals surface area contributed by atoms with Crippen LogP contribution in [0.3, 0.4) is 0 Å². The highest BCUT2D eigenvalue weighted by atomic mass is 32.2. The molecule has 24 heavy (non-hydrogen) atoms. The number of aromatic hydroxyl groups is 1. The third kappa shape index (κ3) is 2.77. The SMILES string of the molecule is COc1ccc(C2SCC(=O)Nc3c2c(=O)[nH]n3C(C)C)cc1O. The average molecular weight is 349 g/mol. The van der Waals surface area contributed by atoms with Gasteiger partial charge in [-0.25, -0.2) is 0 Å². The summed E-state index contributed by atoms with van der Waals surface area (Å²) in [6, 6.07) is 5.01. The fraction of sp³-hybridized carbons (Fsp3) is 0.375. The number of H-pyrrole nitrogens is 1. The zero-order valence-corrected chi connectivity index (χ0v) is 14.4. The van der Waals surface area contributed by atoms with E-state index in [0.717, 1.165) is 5.56 Å². The molecular formula is C16H19N3O4S. The molecule has 0 saturated carbocycles. The first-order valence-electron chi connectivity index (χ1n) is 7.55. The Kier molecular flexibility index (Phi) is 4.31. The lowest BCUT2D eigenvalue weighted by atomic mass is 10.1. The number of aromatic nitrogens is 2. The fourth-order valence-electron chi connectivity index (χ4n) is 2.76. The Morgan fingerprint density at radius 1 is 1.38 bits per heavy atom. The van der Waals surface area contributed by atoms with Gasteiger partial charge in [0.15, 0.2) is 11.5 Å². The van der Waals surface area contributed by atoms with Gasteiger partial charge in [0.2, 0.25) is 5.91 Å². The second-order valence-corrected chi connectivity index (χ2v) is 6.93. The molecule has 2 heterocycles. The number of hydrogen-bond donors (Lipinski definition) is 3. The number of hydrogen-bond acceptors (Lipinski definition) is 5. The van der Waals surface area contributed by atoms with Crippen molar-refractivity contribution in [1.82, 2.24) is 9.78 Å². The maximum absolute atomic E-state index is 12.5. The highest BCUT2D eigenvalue weighted by Gasteiger charge is 2.31. The van der Waals surface area contributed by atoms with Gasteiger partial charge in [0.05, 0.1) is 23.7 Å². The van der Waals surface area contributed by atoms with Crippen LogP contribution in [0.4, 0.5) is 5.82 Å². The van der Waals surface area contributed by atoms with Gasteiger partial charge in [0.1, 0.15) is 5.82 Å². The molecule has 1 aliphatic heterocycles. The summed E-state index contributed by atoms with van der Waals surface area (Å²) in [6.07, 6.45) is 0. The van der Waals surface area contributed by atoms with Gasteiger partial charge in [0.25, 0.3) is 5.56 Å². The summed E-state index contributed by atoms with van der Waals surface area (Å²) >= 11 is 1.35. The molecule has 3 rings (SSSR count). The van der Waals surface area contributed by atoms with Crippen LogP contribution in [-0.2, 0) is 4.79 Å². The fourth-order valence-corrected chi connectivity index (χ4v) is 3.88. The zero-order valence-electron chi connectivity index (χ0n) is 13.6. The van der Waals surface area contributed by atoms with Crippen molar-refractivity contribution >= 4 is 23.5 Å². The first kappa shape index (κ1) is 16.5. The van der Waals surface area contributed by atoms with Gasteiger partial charge in [-0.3, -0.25) is 19.4 Å². The molecule has 128 valence electrons. The number of carbonyl (C=O) groups excluding carboxylic acids is 1. The number of anilines is 1. The number of carbonyl (C=O) groups is 1. The molecule has 1 atom stereocenters. The Morgan fingerprint density at radius 3 is 2.75 bits per heavy atom. The zero-order chi connectivity index (χ0) is 17.4. The van der Waals surface area contributed by atoms with Crippen molar-refractivity contribution in [2.45, 2.75) is 25.1 Å². The van der Waals surface area contributed by atoms with E-state index in [9.17, 15) is 14.7 Å². The number of nitrogens with zero attached hydrogens (tertiary/aromatic N) is 1. The number of fused-ring (bicyclic) bond motifs is 1. The molecule has 7 nitrogen and oxygen atoms in total. The Bertz CT molecular complexity index is 840. The van der Waals surface area contributed by atoms with Crippen molar-refractivity contribution in [2.24, 2.45) is 0 Å². The lowest BCUT2D eigenvalue weighted by molar-refractivity contribution is -0.113. The largest absolute Gasteiger partial charge is 0.504 e. The van der Waals surface area contributed by atoms with E-state index in [0.29, 0.717) is 17.1 Å². The Morgan fingerprint density at radius 2 is 2.12 bits per heavy atom. The summed E-state index contributed by atoms with van der Waals surface area (Å²) in [5, 5.41) is 15.3. The average Bonchev–Trinajstić information content (AvgIpc) is 2.75. The van der Waals surface area contributed by atoms with E-state index in [2.05, 4.69) is 10.4 Å². The third-order valence-corrected chi connectivity index (χ3v) is 5.16. The third-order valence-electron chi connectivity index (χ3n) is 3.89. The maximum Gasteiger partial charge on any atom is 0.270 e. The second kappa shape index (κ2) is 6.27. The van der Waals surface area contributed by atoms with Crippen LogP contribution in [0.25, 0.3) is 0 Å². The monoisotopic (exact) mass is 349 g/mol.